The summed E-state index contributed by atoms with van der Waals surface area (Å²) in [6, 6.07) is 18.7. The highest BCUT2D eigenvalue weighted by Crippen LogP contribution is 2.22. The van der Waals surface area contributed by atoms with Gasteiger partial charge in [-0.3, -0.25) is 0 Å². The molecule has 1 aliphatic rings. The van der Waals surface area contributed by atoms with Crippen LogP contribution in [-0.2, 0) is 17.8 Å². The van der Waals surface area contributed by atoms with Crippen LogP contribution >= 0.6 is 0 Å². The maximum Gasteiger partial charge on any atom is 0.119 e. The van der Waals surface area contributed by atoms with E-state index < -0.39 is 6.10 Å². The second kappa shape index (κ2) is 12.0. The second-order valence-corrected chi connectivity index (χ2v) is 8.18. The van der Waals surface area contributed by atoms with E-state index >= 15 is 0 Å². The largest absolute Gasteiger partial charge is 0.491 e. The number of aliphatic hydroxyl groups excluding tert-OH is 1. The predicted molar refractivity (Wildman–Crippen MR) is 117 cm³/mol. The molecule has 29 heavy (non-hydrogen) atoms. The zero-order valence-electron chi connectivity index (χ0n) is 17.6. The van der Waals surface area contributed by atoms with E-state index in [1.807, 2.05) is 30.3 Å². The Morgan fingerprint density at radius 2 is 1.69 bits per heavy atom. The first-order chi connectivity index (χ1) is 14.2. The molecule has 2 N–H and O–H groups in total. The summed E-state index contributed by atoms with van der Waals surface area (Å²) < 4.78 is 11.8. The van der Waals surface area contributed by atoms with Crippen LogP contribution in [0.15, 0.2) is 54.6 Å². The van der Waals surface area contributed by atoms with Gasteiger partial charge in [0.15, 0.2) is 0 Å². The predicted octanol–water partition coefficient (Wildman–Crippen LogP) is 4.50. The molecule has 0 aliphatic heterocycles. The van der Waals surface area contributed by atoms with E-state index in [-0.39, 0.29) is 6.61 Å². The smallest absolute Gasteiger partial charge is 0.119 e. The van der Waals surface area contributed by atoms with Crippen molar-refractivity contribution in [1.29, 1.82) is 0 Å². The SMILES string of the molecule is CC(Cc1ccccc1)NCC(O)COc1ccc(COC2CCCCC2)cc1. The number of aliphatic hydroxyl groups is 1. The first-order valence-corrected chi connectivity index (χ1v) is 11.0. The van der Waals surface area contributed by atoms with Crippen molar-refractivity contribution in [3.8, 4) is 5.75 Å². The molecule has 1 saturated carbocycles. The highest BCUT2D eigenvalue weighted by molar-refractivity contribution is 5.27. The fourth-order valence-corrected chi connectivity index (χ4v) is 3.76. The summed E-state index contributed by atoms with van der Waals surface area (Å²) >= 11 is 0. The Labute approximate surface area is 175 Å². The third-order valence-electron chi connectivity index (χ3n) is 5.49. The van der Waals surface area contributed by atoms with Crippen LogP contribution in [0.1, 0.15) is 50.2 Å². The van der Waals surface area contributed by atoms with Crippen molar-refractivity contribution in [2.75, 3.05) is 13.2 Å². The molecule has 4 heteroatoms. The molecule has 2 aromatic rings. The Morgan fingerprint density at radius 1 is 0.966 bits per heavy atom. The maximum atomic E-state index is 10.2. The number of ether oxygens (including phenoxy) is 2. The molecule has 0 aromatic heterocycles. The molecule has 2 unspecified atom stereocenters. The van der Waals surface area contributed by atoms with Gasteiger partial charge >= 0.3 is 0 Å². The minimum Gasteiger partial charge on any atom is -0.491 e. The maximum absolute atomic E-state index is 10.2. The normalized spacial score (nSPS) is 17.0. The molecule has 0 bridgehead atoms. The highest BCUT2D eigenvalue weighted by Gasteiger charge is 2.13. The van der Waals surface area contributed by atoms with Crippen molar-refractivity contribution in [3.63, 3.8) is 0 Å². The first kappa shape index (κ1) is 21.8. The van der Waals surface area contributed by atoms with Gasteiger partial charge in [-0.1, -0.05) is 61.7 Å². The first-order valence-electron chi connectivity index (χ1n) is 11.0. The van der Waals surface area contributed by atoms with Crippen LogP contribution in [0.4, 0.5) is 0 Å². The van der Waals surface area contributed by atoms with Crippen LogP contribution in [0.25, 0.3) is 0 Å². The summed E-state index contributed by atoms with van der Waals surface area (Å²) in [6.07, 6.45) is 7.14. The van der Waals surface area contributed by atoms with Gasteiger partial charge in [0, 0.05) is 12.6 Å². The molecule has 1 aliphatic carbocycles. The third-order valence-corrected chi connectivity index (χ3v) is 5.49. The van der Waals surface area contributed by atoms with Gasteiger partial charge in [0.2, 0.25) is 0 Å². The number of benzene rings is 2. The van der Waals surface area contributed by atoms with E-state index in [1.54, 1.807) is 0 Å². The lowest BCUT2D eigenvalue weighted by atomic mass is 9.98. The summed E-state index contributed by atoms with van der Waals surface area (Å²) in [5, 5.41) is 13.6. The van der Waals surface area contributed by atoms with E-state index in [1.165, 1.54) is 43.2 Å². The Hall–Kier alpha value is -1.88. The van der Waals surface area contributed by atoms with E-state index in [0.717, 1.165) is 12.2 Å². The van der Waals surface area contributed by atoms with E-state index in [0.29, 0.717) is 25.3 Å². The molecule has 2 atom stereocenters. The average Bonchev–Trinajstić information content (AvgIpc) is 2.77. The quantitative estimate of drug-likeness (QED) is 0.586. The summed E-state index contributed by atoms with van der Waals surface area (Å²) in [7, 11) is 0. The molecule has 1 fully saturated rings. The summed E-state index contributed by atoms with van der Waals surface area (Å²) in [5.41, 5.74) is 2.46. The molecule has 0 heterocycles. The Morgan fingerprint density at radius 3 is 2.41 bits per heavy atom. The van der Waals surface area contributed by atoms with Crippen molar-refractivity contribution in [2.24, 2.45) is 0 Å². The van der Waals surface area contributed by atoms with Gasteiger partial charge in [-0.15, -0.1) is 0 Å². The Kier molecular flexibility index (Phi) is 9.00. The standard InChI is InChI=1S/C25H35NO3/c1-20(16-21-8-4-2-5-9-21)26-17-23(27)19-29-25-14-12-22(13-15-25)18-28-24-10-6-3-7-11-24/h2,4-5,8-9,12-15,20,23-24,26-27H,3,6-7,10-11,16-19H2,1H3. The molecule has 2 aromatic carbocycles. The van der Waals surface area contributed by atoms with Gasteiger partial charge in [-0.2, -0.15) is 0 Å². The Balaban J connectivity index is 1.31. The van der Waals surface area contributed by atoms with E-state index in [2.05, 4.69) is 36.5 Å². The van der Waals surface area contributed by atoms with Gasteiger partial charge < -0.3 is 19.9 Å². The average molecular weight is 398 g/mol. The molecule has 158 valence electrons. The van der Waals surface area contributed by atoms with E-state index in [9.17, 15) is 5.11 Å². The van der Waals surface area contributed by atoms with Gasteiger partial charge in [-0.25, -0.2) is 0 Å². The van der Waals surface area contributed by atoms with Crippen LogP contribution in [0.5, 0.6) is 5.75 Å². The summed E-state index contributed by atoms with van der Waals surface area (Å²) in [4.78, 5) is 0. The van der Waals surface area contributed by atoms with Gasteiger partial charge in [0.1, 0.15) is 18.5 Å². The van der Waals surface area contributed by atoms with Crippen molar-refractivity contribution in [1.82, 2.24) is 5.32 Å². The van der Waals surface area contributed by atoms with Crippen LogP contribution in [0.3, 0.4) is 0 Å². The minimum absolute atomic E-state index is 0.281. The van der Waals surface area contributed by atoms with Crippen LogP contribution in [-0.4, -0.2) is 36.5 Å². The lowest BCUT2D eigenvalue weighted by Gasteiger charge is -2.22. The lowest BCUT2D eigenvalue weighted by Crippen LogP contribution is -2.37. The molecular formula is C25H35NO3. The van der Waals surface area contributed by atoms with E-state index in [4.69, 9.17) is 9.47 Å². The molecule has 3 rings (SSSR count). The molecule has 0 radical (unpaired) electrons. The van der Waals surface area contributed by atoms with Gasteiger partial charge in [0.25, 0.3) is 0 Å². The molecule has 0 saturated heterocycles. The van der Waals surface area contributed by atoms with Crippen molar-refractivity contribution < 1.29 is 14.6 Å². The second-order valence-electron chi connectivity index (χ2n) is 8.18. The zero-order valence-corrected chi connectivity index (χ0v) is 17.6. The number of rotatable bonds is 11. The van der Waals surface area contributed by atoms with Gasteiger partial charge in [-0.05, 0) is 49.4 Å². The molecule has 0 spiro atoms. The van der Waals surface area contributed by atoms with Crippen molar-refractivity contribution in [3.05, 3.63) is 65.7 Å². The fraction of sp³-hybridized carbons (Fsp3) is 0.520. The van der Waals surface area contributed by atoms with Crippen molar-refractivity contribution in [2.45, 2.75) is 70.3 Å². The highest BCUT2D eigenvalue weighted by atomic mass is 16.5. The lowest BCUT2D eigenvalue weighted by molar-refractivity contribution is 0.0168. The Bertz CT molecular complexity index is 683. The monoisotopic (exact) mass is 397 g/mol. The summed E-state index contributed by atoms with van der Waals surface area (Å²) in [5.74, 6) is 0.780. The topological polar surface area (TPSA) is 50.7 Å². The minimum atomic E-state index is -0.539. The van der Waals surface area contributed by atoms with Gasteiger partial charge in [0.05, 0.1) is 12.7 Å². The molecule has 4 nitrogen and oxygen atoms in total. The third kappa shape index (κ3) is 8.17. The van der Waals surface area contributed by atoms with Crippen LogP contribution in [0, 0.1) is 0 Å². The summed E-state index contributed by atoms with van der Waals surface area (Å²) in [6.45, 7) is 3.59. The van der Waals surface area contributed by atoms with Crippen LogP contribution < -0.4 is 10.1 Å². The van der Waals surface area contributed by atoms with Crippen LogP contribution in [0.2, 0.25) is 0 Å². The fourth-order valence-electron chi connectivity index (χ4n) is 3.76. The zero-order chi connectivity index (χ0) is 20.3. The number of hydrogen-bond donors (Lipinski definition) is 2. The molecule has 0 amide bonds. The molecular weight excluding hydrogens is 362 g/mol. The number of hydrogen-bond acceptors (Lipinski definition) is 4. The number of nitrogens with one attached hydrogen (secondary N) is 1. The van der Waals surface area contributed by atoms with Crippen molar-refractivity contribution >= 4 is 0 Å².